The highest BCUT2D eigenvalue weighted by molar-refractivity contribution is 5.78. The zero-order chi connectivity index (χ0) is 13.8. The van der Waals surface area contributed by atoms with Crippen molar-refractivity contribution in [1.29, 1.82) is 0 Å². The number of carbonyl (C=O) groups is 1. The molecule has 1 aliphatic heterocycles. The van der Waals surface area contributed by atoms with E-state index in [0.717, 1.165) is 31.5 Å². The molecule has 0 aromatic heterocycles. The van der Waals surface area contributed by atoms with Crippen LogP contribution in [-0.2, 0) is 11.2 Å². The molecule has 1 saturated heterocycles. The van der Waals surface area contributed by atoms with Crippen molar-refractivity contribution in [2.24, 2.45) is 11.7 Å². The summed E-state index contributed by atoms with van der Waals surface area (Å²) in [6.07, 6.45) is 2.21. The lowest BCUT2D eigenvalue weighted by Crippen LogP contribution is -2.49. The first-order valence-corrected chi connectivity index (χ1v) is 6.88. The van der Waals surface area contributed by atoms with Gasteiger partial charge in [-0.2, -0.15) is 0 Å². The molecule has 4 heteroatoms. The summed E-state index contributed by atoms with van der Waals surface area (Å²) < 4.78 is 12.8. The first-order chi connectivity index (χ1) is 9.10. The highest BCUT2D eigenvalue weighted by atomic mass is 19.1. The molecule has 2 atom stereocenters. The van der Waals surface area contributed by atoms with Crippen molar-refractivity contribution >= 4 is 5.91 Å². The van der Waals surface area contributed by atoms with Crippen molar-refractivity contribution in [3.63, 3.8) is 0 Å². The van der Waals surface area contributed by atoms with Crippen molar-refractivity contribution < 1.29 is 9.18 Å². The van der Waals surface area contributed by atoms with Crippen LogP contribution in [0.25, 0.3) is 0 Å². The lowest BCUT2D eigenvalue weighted by molar-refractivity contribution is -0.132. The number of nitrogens with zero attached hydrogens (tertiary/aromatic N) is 1. The first-order valence-electron chi connectivity index (χ1n) is 6.88. The Labute approximate surface area is 113 Å². The molecule has 1 aliphatic rings. The third-order valence-electron chi connectivity index (χ3n) is 3.94. The SMILES string of the molecule is CCC1CN(C(=O)Cc2ccc(F)cc2)CCC1N. The lowest BCUT2D eigenvalue weighted by Gasteiger charge is -2.36. The van der Waals surface area contributed by atoms with Crippen molar-refractivity contribution in [3.8, 4) is 0 Å². The fourth-order valence-corrected chi connectivity index (χ4v) is 2.60. The van der Waals surface area contributed by atoms with Crippen LogP contribution in [0.2, 0.25) is 0 Å². The maximum Gasteiger partial charge on any atom is 0.227 e. The van der Waals surface area contributed by atoms with Crippen LogP contribution in [-0.4, -0.2) is 29.9 Å². The van der Waals surface area contributed by atoms with Crippen molar-refractivity contribution in [2.75, 3.05) is 13.1 Å². The van der Waals surface area contributed by atoms with Crippen LogP contribution in [0.1, 0.15) is 25.3 Å². The van der Waals surface area contributed by atoms with Crippen LogP contribution in [0.4, 0.5) is 4.39 Å². The molecule has 0 bridgehead atoms. The number of carbonyl (C=O) groups excluding carboxylic acids is 1. The Hall–Kier alpha value is -1.42. The monoisotopic (exact) mass is 264 g/mol. The fourth-order valence-electron chi connectivity index (χ4n) is 2.60. The van der Waals surface area contributed by atoms with Crippen LogP contribution >= 0.6 is 0 Å². The third kappa shape index (κ3) is 3.53. The second-order valence-corrected chi connectivity index (χ2v) is 5.26. The van der Waals surface area contributed by atoms with E-state index in [0.29, 0.717) is 12.3 Å². The summed E-state index contributed by atoms with van der Waals surface area (Å²) in [6, 6.07) is 6.33. The van der Waals surface area contributed by atoms with Crippen molar-refractivity contribution in [2.45, 2.75) is 32.2 Å². The van der Waals surface area contributed by atoms with Crippen LogP contribution in [0.5, 0.6) is 0 Å². The van der Waals surface area contributed by atoms with Gasteiger partial charge in [0.05, 0.1) is 6.42 Å². The van der Waals surface area contributed by atoms with E-state index in [-0.39, 0.29) is 17.8 Å². The van der Waals surface area contributed by atoms with E-state index in [4.69, 9.17) is 5.73 Å². The van der Waals surface area contributed by atoms with Crippen LogP contribution < -0.4 is 5.73 Å². The normalized spacial score (nSPS) is 23.4. The highest BCUT2D eigenvalue weighted by Crippen LogP contribution is 2.19. The quantitative estimate of drug-likeness (QED) is 0.907. The summed E-state index contributed by atoms with van der Waals surface area (Å²) in [5.74, 6) is 0.231. The zero-order valence-electron chi connectivity index (χ0n) is 11.3. The molecule has 3 nitrogen and oxygen atoms in total. The van der Waals surface area contributed by atoms with Gasteiger partial charge in [-0.1, -0.05) is 25.5 Å². The smallest absolute Gasteiger partial charge is 0.227 e. The second-order valence-electron chi connectivity index (χ2n) is 5.26. The number of amides is 1. The highest BCUT2D eigenvalue weighted by Gasteiger charge is 2.27. The molecule has 2 N–H and O–H groups in total. The maximum atomic E-state index is 12.8. The molecule has 104 valence electrons. The van der Waals surface area contributed by atoms with Gasteiger partial charge in [-0.25, -0.2) is 4.39 Å². The Bertz CT molecular complexity index is 432. The number of nitrogens with two attached hydrogens (primary N) is 1. The van der Waals surface area contributed by atoms with Gasteiger partial charge in [0.2, 0.25) is 5.91 Å². The van der Waals surface area contributed by atoms with E-state index in [1.54, 1.807) is 12.1 Å². The molecule has 2 unspecified atom stereocenters. The zero-order valence-corrected chi connectivity index (χ0v) is 11.3. The molecule has 0 saturated carbocycles. The standard InChI is InChI=1S/C15H21FN2O/c1-2-12-10-18(8-7-14(12)17)15(19)9-11-3-5-13(16)6-4-11/h3-6,12,14H,2,7-10,17H2,1H3. The third-order valence-corrected chi connectivity index (χ3v) is 3.94. The summed E-state index contributed by atoms with van der Waals surface area (Å²) >= 11 is 0. The van der Waals surface area contributed by atoms with E-state index >= 15 is 0 Å². The van der Waals surface area contributed by atoms with E-state index < -0.39 is 0 Å². The van der Waals surface area contributed by atoms with Gasteiger partial charge < -0.3 is 10.6 Å². The largest absolute Gasteiger partial charge is 0.342 e. The Kier molecular flexibility index (Phi) is 4.53. The molecule has 1 amide bonds. The summed E-state index contributed by atoms with van der Waals surface area (Å²) in [4.78, 5) is 14.1. The van der Waals surface area contributed by atoms with E-state index in [2.05, 4.69) is 6.92 Å². The summed E-state index contributed by atoms with van der Waals surface area (Å²) in [5.41, 5.74) is 6.90. The molecule has 2 rings (SSSR count). The second kappa shape index (κ2) is 6.15. The molecule has 1 aromatic carbocycles. The van der Waals surface area contributed by atoms with Gasteiger partial charge in [-0.05, 0) is 30.0 Å². The van der Waals surface area contributed by atoms with Crippen LogP contribution in [0, 0.1) is 11.7 Å². The van der Waals surface area contributed by atoms with Crippen LogP contribution in [0.15, 0.2) is 24.3 Å². The molecule has 1 fully saturated rings. The molecule has 19 heavy (non-hydrogen) atoms. The Morgan fingerprint density at radius 2 is 2.11 bits per heavy atom. The fraction of sp³-hybridized carbons (Fsp3) is 0.533. The van der Waals surface area contributed by atoms with Crippen molar-refractivity contribution in [3.05, 3.63) is 35.6 Å². The minimum absolute atomic E-state index is 0.108. The van der Waals surface area contributed by atoms with Crippen molar-refractivity contribution in [1.82, 2.24) is 4.90 Å². The molecule has 1 aromatic rings. The van der Waals surface area contributed by atoms with Crippen LogP contribution in [0.3, 0.4) is 0 Å². The molecule has 0 radical (unpaired) electrons. The molecule has 0 aliphatic carbocycles. The van der Waals surface area contributed by atoms with Gasteiger partial charge >= 0.3 is 0 Å². The van der Waals surface area contributed by atoms with E-state index in [9.17, 15) is 9.18 Å². The average Bonchev–Trinajstić information content (AvgIpc) is 2.42. The number of halogens is 1. The number of piperidine rings is 1. The lowest BCUT2D eigenvalue weighted by atomic mass is 9.90. The minimum Gasteiger partial charge on any atom is -0.342 e. The Morgan fingerprint density at radius 3 is 2.74 bits per heavy atom. The maximum absolute atomic E-state index is 12.8. The molecular formula is C15H21FN2O. The van der Waals surface area contributed by atoms with Gasteiger partial charge in [0.15, 0.2) is 0 Å². The predicted octanol–water partition coefficient (Wildman–Crippen LogP) is 1.95. The summed E-state index contributed by atoms with van der Waals surface area (Å²) in [7, 11) is 0. The van der Waals surface area contributed by atoms with Gasteiger partial charge in [0, 0.05) is 19.1 Å². The van der Waals surface area contributed by atoms with E-state index in [1.807, 2.05) is 4.90 Å². The van der Waals surface area contributed by atoms with Gasteiger partial charge in [0.25, 0.3) is 0 Å². The number of benzene rings is 1. The molecule has 0 spiro atoms. The number of rotatable bonds is 3. The summed E-state index contributed by atoms with van der Waals surface area (Å²) in [6.45, 7) is 3.59. The average molecular weight is 264 g/mol. The van der Waals surface area contributed by atoms with Gasteiger partial charge in [-0.3, -0.25) is 4.79 Å². The topological polar surface area (TPSA) is 46.3 Å². The van der Waals surface area contributed by atoms with Gasteiger partial charge in [0.1, 0.15) is 5.82 Å². The van der Waals surface area contributed by atoms with Gasteiger partial charge in [-0.15, -0.1) is 0 Å². The first kappa shape index (κ1) is 14.0. The molecule has 1 heterocycles. The predicted molar refractivity (Wildman–Crippen MR) is 73.1 cm³/mol. The number of hydrogen-bond acceptors (Lipinski definition) is 2. The Balaban J connectivity index is 1.94. The Morgan fingerprint density at radius 1 is 1.42 bits per heavy atom. The number of hydrogen-bond donors (Lipinski definition) is 1. The van der Waals surface area contributed by atoms with E-state index in [1.165, 1.54) is 12.1 Å². The summed E-state index contributed by atoms with van der Waals surface area (Å²) in [5, 5.41) is 0. The minimum atomic E-state index is -0.272. The molecular weight excluding hydrogens is 243 g/mol. The number of likely N-dealkylation sites (tertiary alicyclic amines) is 1.